The molecule has 2 aromatic carbocycles. The van der Waals surface area contributed by atoms with Crippen LogP contribution in [0.25, 0.3) is 11.1 Å². The molecule has 0 amide bonds. The monoisotopic (exact) mass is 352 g/mol. The lowest BCUT2D eigenvalue weighted by molar-refractivity contribution is 0.554. The molecule has 23 heavy (non-hydrogen) atoms. The molecular weight excluding hydrogens is 340 g/mol. The lowest BCUT2D eigenvalue weighted by atomic mass is 10.1. The quantitative estimate of drug-likeness (QED) is 0.757. The maximum Gasteiger partial charge on any atom is 0.417 e. The third kappa shape index (κ3) is 2.97. The molecular formula is C15H13ClN2O4S. The van der Waals surface area contributed by atoms with Gasteiger partial charge in [0.25, 0.3) is 10.0 Å². The minimum absolute atomic E-state index is 0.00844. The van der Waals surface area contributed by atoms with Crippen molar-refractivity contribution in [2.75, 3.05) is 4.72 Å². The van der Waals surface area contributed by atoms with Crippen molar-refractivity contribution >= 4 is 38.4 Å². The first-order valence-electron chi connectivity index (χ1n) is 6.69. The zero-order valence-electron chi connectivity index (χ0n) is 12.3. The van der Waals surface area contributed by atoms with E-state index in [4.69, 9.17) is 16.0 Å². The van der Waals surface area contributed by atoms with Crippen LogP contribution in [0.15, 0.2) is 44.4 Å². The van der Waals surface area contributed by atoms with Gasteiger partial charge in [0, 0.05) is 11.8 Å². The van der Waals surface area contributed by atoms with Crippen molar-refractivity contribution in [2.45, 2.75) is 18.7 Å². The third-order valence-electron chi connectivity index (χ3n) is 3.52. The third-order valence-corrected chi connectivity index (χ3v) is 5.37. The molecule has 0 unspecified atom stereocenters. The minimum atomic E-state index is -3.91. The first kappa shape index (κ1) is 15.6. The molecule has 1 heterocycles. The van der Waals surface area contributed by atoms with Crippen LogP contribution in [0.4, 0.5) is 5.69 Å². The standard InChI is InChI=1S/C15H13ClN2O4S/c1-8-3-4-10(5-9(8)2)18-23(20,21)14-7-13-12(6-11(14)16)17-15(19)22-13/h3-7,18H,1-2H3,(H,17,19). The molecule has 0 saturated carbocycles. The van der Waals surface area contributed by atoms with Gasteiger partial charge in [-0.05, 0) is 43.2 Å². The van der Waals surface area contributed by atoms with Gasteiger partial charge in [-0.1, -0.05) is 17.7 Å². The zero-order chi connectivity index (χ0) is 16.8. The summed E-state index contributed by atoms with van der Waals surface area (Å²) in [5, 5.41) is -0.00844. The van der Waals surface area contributed by atoms with Gasteiger partial charge in [-0.3, -0.25) is 9.71 Å². The second-order valence-corrected chi connectivity index (χ2v) is 7.26. The molecule has 0 aliphatic heterocycles. The summed E-state index contributed by atoms with van der Waals surface area (Å²) in [4.78, 5) is 13.5. The fourth-order valence-corrected chi connectivity index (χ4v) is 3.77. The van der Waals surface area contributed by atoms with E-state index >= 15 is 0 Å². The predicted molar refractivity (Wildman–Crippen MR) is 88.6 cm³/mol. The average Bonchev–Trinajstić information content (AvgIpc) is 2.80. The van der Waals surface area contributed by atoms with E-state index in [9.17, 15) is 13.2 Å². The van der Waals surface area contributed by atoms with E-state index in [0.29, 0.717) is 11.2 Å². The topological polar surface area (TPSA) is 92.2 Å². The van der Waals surface area contributed by atoms with Crippen LogP contribution in [-0.4, -0.2) is 13.4 Å². The van der Waals surface area contributed by atoms with Gasteiger partial charge < -0.3 is 4.42 Å². The van der Waals surface area contributed by atoms with Crippen LogP contribution in [0.1, 0.15) is 11.1 Å². The van der Waals surface area contributed by atoms with Crippen LogP contribution in [0.5, 0.6) is 0 Å². The molecule has 0 spiro atoms. The van der Waals surface area contributed by atoms with Crippen molar-refractivity contribution < 1.29 is 12.8 Å². The highest BCUT2D eigenvalue weighted by Gasteiger charge is 2.20. The first-order chi connectivity index (χ1) is 10.8. The number of anilines is 1. The lowest BCUT2D eigenvalue weighted by Crippen LogP contribution is -2.13. The summed E-state index contributed by atoms with van der Waals surface area (Å²) >= 11 is 6.04. The SMILES string of the molecule is Cc1ccc(NS(=O)(=O)c2cc3oc(=O)[nH]c3cc2Cl)cc1C. The van der Waals surface area contributed by atoms with E-state index in [0.717, 1.165) is 11.1 Å². The van der Waals surface area contributed by atoms with E-state index in [2.05, 4.69) is 9.71 Å². The Morgan fingerprint density at radius 2 is 1.87 bits per heavy atom. The number of aryl methyl sites for hydroxylation is 2. The second-order valence-electron chi connectivity index (χ2n) is 5.20. The van der Waals surface area contributed by atoms with E-state index in [-0.39, 0.29) is 15.5 Å². The molecule has 0 radical (unpaired) electrons. The molecule has 3 aromatic rings. The number of halogens is 1. The molecule has 6 nitrogen and oxygen atoms in total. The number of aromatic nitrogens is 1. The largest absolute Gasteiger partial charge is 0.417 e. The molecule has 8 heteroatoms. The predicted octanol–water partition coefficient (Wildman–Crippen LogP) is 3.19. The highest BCUT2D eigenvalue weighted by molar-refractivity contribution is 7.92. The number of aromatic amines is 1. The molecule has 0 atom stereocenters. The Balaban J connectivity index is 2.06. The molecule has 120 valence electrons. The smallest absolute Gasteiger partial charge is 0.408 e. The molecule has 0 saturated heterocycles. The van der Waals surface area contributed by atoms with Gasteiger partial charge in [-0.25, -0.2) is 13.2 Å². The number of hydrogen-bond donors (Lipinski definition) is 2. The van der Waals surface area contributed by atoms with Gasteiger partial charge in [0.15, 0.2) is 5.58 Å². The van der Waals surface area contributed by atoms with Crippen LogP contribution in [0, 0.1) is 13.8 Å². The highest BCUT2D eigenvalue weighted by atomic mass is 35.5. The van der Waals surface area contributed by atoms with E-state index in [1.807, 2.05) is 19.9 Å². The number of hydrogen-bond acceptors (Lipinski definition) is 4. The number of nitrogens with one attached hydrogen (secondary N) is 2. The summed E-state index contributed by atoms with van der Waals surface area (Å²) in [6, 6.07) is 7.79. The number of oxazole rings is 1. The Kier molecular flexibility index (Phi) is 3.69. The molecule has 3 rings (SSSR count). The van der Waals surface area contributed by atoms with Crippen molar-refractivity contribution in [1.29, 1.82) is 0 Å². The van der Waals surface area contributed by atoms with E-state index in [1.165, 1.54) is 12.1 Å². The number of H-pyrrole nitrogens is 1. The first-order valence-corrected chi connectivity index (χ1v) is 8.55. The molecule has 0 bridgehead atoms. The maximum absolute atomic E-state index is 12.5. The Labute approximate surface area is 137 Å². The Morgan fingerprint density at radius 3 is 2.57 bits per heavy atom. The fraction of sp³-hybridized carbons (Fsp3) is 0.133. The van der Waals surface area contributed by atoms with Gasteiger partial charge in [0.05, 0.1) is 10.5 Å². The van der Waals surface area contributed by atoms with Crippen molar-refractivity contribution in [3.05, 3.63) is 57.0 Å². The van der Waals surface area contributed by atoms with Crippen LogP contribution in [-0.2, 0) is 10.0 Å². The van der Waals surface area contributed by atoms with Crippen molar-refractivity contribution in [3.8, 4) is 0 Å². The molecule has 0 fully saturated rings. The molecule has 1 aromatic heterocycles. The normalized spacial score (nSPS) is 11.8. The summed E-state index contributed by atoms with van der Waals surface area (Å²) < 4.78 is 32.4. The maximum atomic E-state index is 12.5. The number of rotatable bonds is 3. The molecule has 2 N–H and O–H groups in total. The van der Waals surface area contributed by atoms with Crippen molar-refractivity contribution in [2.24, 2.45) is 0 Å². The Hall–Kier alpha value is -2.25. The van der Waals surface area contributed by atoms with Crippen LogP contribution in [0.2, 0.25) is 5.02 Å². The number of fused-ring (bicyclic) bond motifs is 1. The van der Waals surface area contributed by atoms with Gasteiger partial charge >= 0.3 is 5.76 Å². The Bertz CT molecular complexity index is 1070. The number of sulfonamides is 1. The van der Waals surface area contributed by atoms with E-state index in [1.54, 1.807) is 12.1 Å². The number of benzene rings is 2. The summed E-state index contributed by atoms with van der Waals surface area (Å²) in [7, 11) is -3.91. The fourth-order valence-electron chi connectivity index (χ4n) is 2.17. The molecule has 0 aliphatic rings. The second kappa shape index (κ2) is 5.43. The zero-order valence-corrected chi connectivity index (χ0v) is 13.9. The van der Waals surface area contributed by atoms with Gasteiger partial charge in [0.2, 0.25) is 0 Å². The Morgan fingerprint density at radius 1 is 1.13 bits per heavy atom. The summed E-state index contributed by atoms with van der Waals surface area (Å²) in [5.74, 6) is -0.673. The van der Waals surface area contributed by atoms with Gasteiger partial charge in [-0.15, -0.1) is 0 Å². The van der Waals surface area contributed by atoms with Crippen molar-refractivity contribution in [3.63, 3.8) is 0 Å². The van der Waals surface area contributed by atoms with Gasteiger partial charge in [0.1, 0.15) is 4.90 Å². The minimum Gasteiger partial charge on any atom is -0.408 e. The van der Waals surface area contributed by atoms with Crippen LogP contribution >= 0.6 is 11.6 Å². The van der Waals surface area contributed by atoms with Crippen molar-refractivity contribution in [1.82, 2.24) is 4.98 Å². The summed E-state index contributed by atoms with van der Waals surface area (Å²) in [5.41, 5.74) is 2.91. The van der Waals surface area contributed by atoms with Crippen LogP contribution < -0.4 is 10.5 Å². The summed E-state index contributed by atoms with van der Waals surface area (Å²) in [6.07, 6.45) is 0. The van der Waals surface area contributed by atoms with Gasteiger partial charge in [-0.2, -0.15) is 0 Å². The molecule has 0 aliphatic carbocycles. The lowest BCUT2D eigenvalue weighted by Gasteiger charge is -2.11. The van der Waals surface area contributed by atoms with Crippen LogP contribution in [0.3, 0.4) is 0 Å². The highest BCUT2D eigenvalue weighted by Crippen LogP contribution is 2.28. The summed E-state index contributed by atoms with van der Waals surface area (Å²) in [6.45, 7) is 3.83. The van der Waals surface area contributed by atoms with E-state index < -0.39 is 15.8 Å². The average molecular weight is 353 g/mol.